The van der Waals surface area contributed by atoms with E-state index in [9.17, 15) is 5.11 Å². The minimum Gasteiger partial charge on any atom is -0.490 e. The van der Waals surface area contributed by atoms with Crippen LogP contribution in [0.5, 0.6) is 5.75 Å². The zero-order valence-corrected chi connectivity index (χ0v) is 12.7. The summed E-state index contributed by atoms with van der Waals surface area (Å²) < 4.78 is 6.25. The fourth-order valence-electron chi connectivity index (χ4n) is 3.89. The Kier molecular flexibility index (Phi) is 3.76. The summed E-state index contributed by atoms with van der Waals surface area (Å²) in [6, 6.07) is 6.32. The van der Waals surface area contributed by atoms with Crippen molar-refractivity contribution in [3.8, 4) is 5.75 Å². The van der Waals surface area contributed by atoms with Gasteiger partial charge < -0.3 is 9.84 Å². The molecule has 2 atom stereocenters. The van der Waals surface area contributed by atoms with Gasteiger partial charge in [0.1, 0.15) is 11.9 Å². The Hall–Kier alpha value is -1.02. The molecule has 0 bridgehead atoms. The average molecular weight is 274 g/mol. The van der Waals surface area contributed by atoms with Gasteiger partial charge in [-0.1, -0.05) is 31.7 Å². The molecule has 2 heteroatoms. The third kappa shape index (κ3) is 2.35. The fraction of sp³-hybridized carbons (Fsp3) is 0.667. The Morgan fingerprint density at radius 3 is 2.35 bits per heavy atom. The van der Waals surface area contributed by atoms with E-state index in [4.69, 9.17) is 4.74 Å². The molecule has 1 N–H and O–H groups in total. The van der Waals surface area contributed by atoms with Crippen LogP contribution in [0.1, 0.15) is 56.1 Å². The number of hydrogen-bond donors (Lipinski definition) is 1. The SMILES string of the molecule is Cc1ccc(OC2CC(O)C23CCCCCC3)cc1C. The smallest absolute Gasteiger partial charge is 0.120 e. The third-order valence-corrected chi connectivity index (χ3v) is 5.53. The van der Waals surface area contributed by atoms with Crippen LogP contribution in [-0.4, -0.2) is 17.3 Å². The Balaban J connectivity index is 1.75. The normalized spacial score (nSPS) is 28.8. The van der Waals surface area contributed by atoms with Crippen LogP contribution < -0.4 is 4.74 Å². The van der Waals surface area contributed by atoms with Crippen molar-refractivity contribution in [1.82, 2.24) is 0 Å². The lowest BCUT2D eigenvalue weighted by Crippen LogP contribution is -2.59. The summed E-state index contributed by atoms with van der Waals surface area (Å²) in [6.45, 7) is 4.25. The summed E-state index contributed by atoms with van der Waals surface area (Å²) in [4.78, 5) is 0. The van der Waals surface area contributed by atoms with Crippen LogP contribution in [0.15, 0.2) is 18.2 Å². The van der Waals surface area contributed by atoms with Gasteiger partial charge in [-0.3, -0.25) is 0 Å². The topological polar surface area (TPSA) is 29.5 Å². The maximum absolute atomic E-state index is 10.3. The molecule has 2 nitrogen and oxygen atoms in total. The first kappa shape index (κ1) is 13.9. The van der Waals surface area contributed by atoms with Crippen LogP contribution in [0.2, 0.25) is 0 Å². The van der Waals surface area contributed by atoms with E-state index in [1.807, 2.05) is 0 Å². The van der Waals surface area contributed by atoms with Crippen LogP contribution in [0.3, 0.4) is 0 Å². The standard InChI is InChI=1S/C18H26O2/c1-13-7-8-15(11-14(13)2)20-17-12-16(19)18(17)9-5-3-4-6-10-18/h7-8,11,16-17,19H,3-6,9-10,12H2,1-2H3. The van der Waals surface area contributed by atoms with Gasteiger partial charge in [-0.15, -0.1) is 0 Å². The molecule has 0 saturated heterocycles. The van der Waals surface area contributed by atoms with Crippen molar-refractivity contribution in [2.45, 2.75) is 71.0 Å². The molecule has 2 saturated carbocycles. The van der Waals surface area contributed by atoms with Crippen LogP contribution in [0.25, 0.3) is 0 Å². The van der Waals surface area contributed by atoms with Crippen molar-refractivity contribution < 1.29 is 9.84 Å². The first-order valence-corrected chi connectivity index (χ1v) is 8.04. The lowest BCUT2D eigenvalue weighted by Gasteiger charge is -2.53. The molecule has 1 aromatic carbocycles. The lowest BCUT2D eigenvalue weighted by atomic mass is 9.59. The van der Waals surface area contributed by atoms with E-state index in [0.29, 0.717) is 0 Å². The summed E-state index contributed by atoms with van der Waals surface area (Å²) in [5, 5.41) is 10.3. The van der Waals surface area contributed by atoms with E-state index < -0.39 is 0 Å². The second-order valence-corrected chi connectivity index (χ2v) is 6.75. The monoisotopic (exact) mass is 274 g/mol. The van der Waals surface area contributed by atoms with Gasteiger partial charge in [-0.25, -0.2) is 0 Å². The van der Waals surface area contributed by atoms with Crippen LogP contribution in [-0.2, 0) is 0 Å². The molecule has 2 unspecified atom stereocenters. The molecule has 3 rings (SSSR count). The van der Waals surface area contributed by atoms with Gasteiger partial charge in [0, 0.05) is 11.8 Å². The number of aliphatic hydroxyl groups is 1. The van der Waals surface area contributed by atoms with Crippen molar-refractivity contribution in [1.29, 1.82) is 0 Å². The highest BCUT2D eigenvalue weighted by Crippen LogP contribution is 2.52. The van der Waals surface area contributed by atoms with Crippen molar-refractivity contribution in [2.75, 3.05) is 0 Å². The minimum atomic E-state index is -0.155. The van der Waals surface area contributed by atoms with E-state index >= 15 is 0 Å². The van der Waals surface area contributed by atoms with E-state index in [0.717, 1.165) is 25.0 Å². The van der Waals surface area contributed by atoms with Crippen LogP contribution >= 0.6 is 0 Å². The van der Waals surface area contributed by atoms with Gasteiger partial charge in [-0.2, -0.15) is 0 Å². The number of rotatable bonds is 2. The largest absolute Gasteiger partial charge is 0.490 e. The third-order valence-electron chi connectivity index (χ3n) is 5.53. The summed E-state index contributed by atoms with van der Waals surface area (Å²) in [6.07, 6.45) is 8.21. The molecular formula is C18H26O2. The summed E-state index contributed by atoms with van der Waals surface area (Å²) in [5.74, 6) is 0.966. The number of ether oxygens (including phenoxy) is 1. The predicted molar refractivity (Wildman–Crippen MR) is 81.1 cm³/mol. The number of benzene rings is 1. The summed E-state index contributed by atoms with van der Waals surface area (Å²) in [7, 11) is 0. The first-order valence-electron chi connectivity index (χ1n) is 8.04. The highest BCUT2D eigenvalue weighted by Gasteiger charge is 2.55. The maximum atomic E-state index is 10.3. The molecular weight excluding hydrogens is 248 g/mol. The Morgan fingerprint density at radius 2 is 1.75 bits per heavy atom. The lowest BCUT2D eigenvalue weighted by molar-refractivity contribution is -0.163. The maximum Gasteiger partial charge on any atom is 0.120 e. The van der Waals surface area contributed by atoms with Gasteiger partial charge >= 0.3 is 0 Å². The molecule has 0 amide bonds. The molecule has 1 aromatic rings. The molecule has 110 valence electrons. The van der Waals surface area contributed by atoms with Gasteiger partial charge in [0.15, 0.2) is 0 Å². The van der Waals surface area contributed by atoms with Gasteiger partial charge in [0.05, 0.1) is 6.10 Å². The molecule has 1 spiro atoms. The Labute approximate surface area is 122 Å². The molecule has 0 aromatic heterocycles. The quantitative estimate of drug-likeness (QED) is 0.877. The molecule has 0 radical (unpaired) electrons. The molecule has 0 aliphatic heterocycles. The Morgan fingerprint density at radius 1 is 1.05 bits per heavy atom. The average Bonchev–Trinajstić information content (AvgIpc) is 2.70. The van der Waals surface area contributed by atoms with Gasteiger partial charge in [0.2, 0.25) is 0 Å². The second kappa shape index (κ2) is 5.40. The van der Waals surface area contributed by atoms with Crippen molar-refractivity contribution >= 4 is 0 Å². The first-order chi connectivity index (χ1) is 9.62. The van der Waals surface area contributed by atoms with Crippen LogP contribution in [0.4, 0.5) is 0 Å². The molecule has 2 fully saturated rings. The van der Waals surface area contributed by atoms with E-state index in [1.54, 1.807) is 0 Å². The molecule has 2 aliphatic carbocycles. The summed E-state index contributed by atoms with van der Waals surface area (Å²) >= 11 is 0. The molecule has 0 heterocycles. The van der Waals surface area contributed by atoms with E-state index in [1.165, 1.54) is 36.8 Å². The summed E-state index contributed by atoms with van der Waals surface area (Å²) in [5.41, 5.74) is 2.61. The predicted octanol–water partition coefficient (Wildman–Crippen LogP) is 4.16. The van der Waals surface area contributed by atoms with Gasteiger partial charge in [-0.05, 0) is 49.9 Å². The fourth-order valence-corrected chi connectivity index (χ4v) is 3.89. The molecule has 20 heavy (non-hydrogen) atoms. The number of hydrogen-bond acceptors (Lipinski definition) is 2. The highest BCUT2D eigenvalue weighted by atomic mass is 16.5. The van der Waals surface area contributed by atoms with E-state index in [2.05, 4.69) is 32.0 Å². The van der Waals surface area contributed by atoms with E-state index in [-0.39, 0.29) is 17.6 Å². The number of aryl methyl sites for hydroxylation is 2. The zero-order valence-electron chi connectivity index (χ0n) is 12.7. The Bertz CT molecular complexity index is 472. The van der Waals surface area contributed by atoms with Crippen molar-refractivity contribution in [3.05, 3.63) is 29.3 Å². The molecule has 2 aliphatic rings. The van der Waals surface area contributed by atoms with Crippen molar-refractivity contribution in [3.63, 3.8) is 0 Å². The second-order valence-electron chi connectivity index (χ2n) is 6.75. The van der Waals surface area contributed by atoms with Gasteiger partial charge in [0.25, 0.3) is 0 Å². The van der Waals surface area contributed by atoms with Crippen LogP contribution in [0, 0.1) is 19.3 Å². The minimum absolute atomic E-state index is 0.0370. The van der Waals surface area contributed by atoms with Crippen molar-refractivity contribution in [2.24, 2.45) is 5.41 Å². The zero-order chi connectivity index (χ0) is 14.2. The highest BCUT2D eigenvalue weighted by molar-refractivity contribution is 5.34. The number of aliphatic hydroxyl groups excluding tert-OH is 1.